The predicted octanol–water partition coefficient (Wildman–Crippen LogP) is 0.279. The molecule has 0 bridgehead atoms. The van der Waals surface area contributed by atoms with Crippen molar-refractivity contribution in [3.63, 3.8) is 0 Å². The first kappa shape index (κ1) is 13.0. The molecule has 0 aromatic heterocycles. The van der Waals surface area contributed by atoms with E-state index in [0.29, 0.717) is 6.61 Å². The summed E-state index contributed by atoms with van der Waals surface area (Å²) in [5.41, 5.74) is 5.15. The van der Waals surface area contributed by atoms with Gasteiger partial charge >= 0.3 is 0 Å². The van der Waals surface area contributed by atoms with Gasteiger partial charge in [0.1, 0.15) is 6.61 Å². The zero-order valence-electron chi connectivity index (χ0n) is 9.78. The summed E-state index contributed by atoms with van der Waals surface area (Å²) in [4.78, 5) is 24.3. The Balaban J connectivity index is 2.54. The standard InChI is InChI=1S/C11H20N2O3/c1-2-16-8-11(15)13(7-10(12)14)9-5-3-4-6-9/h9H,2-8H2,1H3,(H2,12,14). The molecule has 1 aliphatic rings. The summed E-state index contributed by atoms with van der Waals surface area (Å²) in [7, 11) is 0. The van der Waals surface area contributed by atoms with Crippen LogP contribution < -0.4 is 5.73 Å². The van der Waals surface area contributed by atoms with E-state index in [4.69, 9.17) is 10.5 Å². The number of carbonyl (C=O) groups is 2. The number of nitrogens with zero attached hydrogens (tertiary/aromatic N) is 1. The minimum absolute atomic E-state index is 0.0105. The number of ether oxygens (including phenoxy) is 1. The molecule has 0 aliphatic heterocycles. The lowest BCUT2D eigenvalue weighted by atomic mass is 10.2. The van der Waals surface area contributed by atoms with Crippen molar-refractivity contribution in [2.45, 2.75) is 38.6 Å². The highest BCUT2D eigenvalue weighted by Crippen LogP contribution is 2.23. The van der Waals surface area contributed by atoms with Crippen LogP contribution in [0.4, 0.5) is 0 Å². The van der Waals surface area contributed by atoms with Crippen molar-refractivity contribution < 1.29 is 14.3 Å². The molecule has 1 saturated carbocycles. The quantitative estimate of drug-likeness (QED) is 0.709. The highest BCUT2D eigenvalue weighted by atomic mass is 16.5. The van der Waals surface area contributed by atoms with E-state index in [1.807, 2.05) is 6.92 Å². The summed E-state index contributed by atoms with van der Waals surface area (Å²) >= 11 is 0. The van der Waals surface area contributed by atoms with Gasteiger partial charge in [-0.2, -0.15) is 0 Å². The fourth-order valence-electron chi connectivity index (χ4n) is 2.08. The highest BCUT2D eigenvalue weighted by molar-refractivity contribution is 5.84. The van der Waals surface area contributed by atoms with E-state index >= 15 is 0 Å². The Labute approximate surface area is 95.9 Å². The van der Waals surface area contributed by atoms with Gasteiger partial charge in [0.2, 0.25) is 11.8 Å². The second kappa shape index (κ2) is 6.48. The van der Waals surface area contributed by atoms with Gasteiger partial charge in [0.15, 0.2) is 0 Å². The summed E-state index contributed by atoms with van der Waals surface area (Å²) in [5, 5.41) is 0. The van der Waals surface area contributed by atoms with Crippen LogP contribution in [0, 0.1) is 0 Å². The van der Waals surface area contributed by atoms with Crippen molar-refractivity contribution in [1.82, 2.24) is 4.90 Å². The number of carbonyl (C=O) groups excluding carboxylic acids is 2. The number of hydrogen-bond donors (Lipinski definition) is 1. The Morgan fingerprint density at radius 2 is 2.00 bits per heavy atom. The van der Waals surface area contributed by atoms with E-state index in [-0.39, 0.29) is 25.1 Å². The Morgan fingerprint density at radius 3 is 2.50 bits per heavy atom. The van der Waals surface area contributed by atoms with E-state index in [0.717, 1.165) is 25.7 Å². The minimum atomic E-state index is -0.461. The third-order valence-corrected chi connectivity index (χ3v) is 2.84. The molecule has 0 saturated heterocycles. The van der Waals surface area contributed by atoms with Gasteiger partial charge in [0, 0.05) is 12.6 Å². The number of primary amides is 1. The second-order valence-electron chi connectivity index (χ2n) is 4.06. The molecule has 16 heavy (non-hydrogen) atoms. The van der Waals surface area contributed by atoms with Crippen molar-refractivity contribution in [2.75, 3.05) is 19.8 Å². The average molecular weight is 228 g/mol. The maximum atomic E-state index is 11.8. The molecular weight excluding hydrogens is 208 g/mol. The minimum Gasteiger partial charge on any atom is -0.372 e. The van der Waals surface area contributed by atoms with Crippen LogP contribution in [0.1, 0.15) is 32.6 Å². The topological polar surface area (TPSA) is 72.6 Å². The second-order valence-corrected chi connectivity index (χ2v) is 4.06. The van der Waals surface area contributed by atoms with E-state index in [2.05, 4.69) is 0 Å². The van der Waals surface area contributed by atoms with Crippen LogP contribution in [0.15, 0.2) is 0 Å². The van der Waals surface area contributed by atoms with Crippen molar-refractivity contribution in [3.8, 4) is 0 Å². The van der Waals surface area contributed by atoms with Gasteiger partial charge in [-0.1, -0.05) is 12.8 Å². The molecular formula is C11H20N2O3. The Bertz CT molecular complexity index is 250. The molecule has 1 aliphatic carbocycles. The van der Waals surface area contributed by atoms with Gasteiger partial charge < -0.3 is 15.4 Å². The molecule has 2 N–H and O–H groups in total. The number of hydrogen-bond acceptors (Lipinski definition) is 3. The third-order valence-electron chi connectivity index (χ3n) is 2.84. The van der Waals surface area contributed by atoms with Gasteiger partial charge in [-0.05, 0) is 19.8 Å². The van der Waals surface area contributed by atoms with Crippen molar-refractivity contribution in [3.05, 3.63) is 0 Å². The summed E-state index contributed by atoms with van der Waals surface area (Å²) < 4.78 is 5.07. The maximum Gasteiger partial charge on any atom is 0.249 e. The van der Waals surface area contributed by atoms with Gasteiger partial charge in [0.25, 0.3) is 0 Å². The van der Waals surface area contributed by atoms with Crippen LogP contribution >= 0.6 is 0 Å². The Kier molecular flexibility index (Phi) is 5.25. The molecule has 2 amide bonds. The van der Waals surface area contributed by atoms with Crippen LogP contribution in [0.25, 0.3) is 0 Å². The van der Waals surface area contributed by atoms with Gasteiger partial charge in [-0.25, -0.2) is 0 Å². The smallest absolute Gasteiger partial charge is 0.249 e. The molecule has 0 aromatic carbocycles. The largest absolute Gasteiger partial charge is 0.372 e. The van der Waals surface area contributed by atoms with E-state index < -0.39 is 5.91 Å². The van der Waals surface area contributed by atoms with Crippen molar-refractivity contribution in [1.29, 1.82) is 0 Å². The van der Waals surface area contributed by atoms with Gasteiger partial charge in [-0.3, -0.25) is 9.59 Å². The van der Waals surface area contributed by atoms with Gasteiger partial charge in [0.05, 0.1) is 6.54 Å². The van der Waals surface area contributed by atoms with Crippen molar-refractivity contribution in [2.24, 2.45) is 5.73 Å². The van der Waals surface area contributed by atoms with Crippen LogP contribution in [0.5, 0.6) is 0 Å². The Morgan fingerprint density at radius 1 is 1.38 bits per heavy atom. The molecule has 0 atom stereocenters. The summed E-state index contributed by atoms with van der Waals surface area (Å²) in [6.45, 7) is 2.39. The third kappa shape index (κ3) is 3.81. The normalized spacial score (nSPS) is 16.3. The fourth-order valence-corrected chi connectivity index (χ4v) is 2.08. The van der Waals surface area contributed by atoms with Crippen LogP contribution in [0.2, 0.25) is 0 Å². The molecule has 0 heterocycles. The summed E-state index contributed by atoms with van der Waals surface area (Å²) in [6, 6.07) is 0.167. The summed E-state index contributed by atoms with van der Waals surface area (Å²) in [5.74, 6) is -0.593. The van der Waals surface area contributed by atoms with E-state index in [1.54, 1.807) is 4.90 Å². The molecule has 0 unspecified atom stereocenters. The van der Waals surface area contributed by atoms with E-state index in [1.165, 1.54) is 0 Å². The number of nitrogens with two attached hydrogens (primary N) is 1. The predicted molar refractivity (Wildman–Crippen MR) is 59.7 cm³/mol. The lowest BCUT2D eigenvalue weighted by Gasteiger charge is -2.27. The van der Waals surface area contributed by atoms with Crippen LogP contribution in [-0.2, 0) is 14.3 Å². The van der Waals surface area contributed by atoms with Gasteiger partial charge in [-0.15, -0.1) is 0 Å². The molecule has 1 rings (SSSR count). The monoisotopic (exact) mass is 228 g/mol. The SMILES string of the molecule is CCOCC(=O)N(CC(N)=O)C1CCCC1. The molecule has 0 spiro atoms. The van der Waals surface area contributed by atoms with Crippen LogP contribution in [0.3, 0.4) is 0 Å². The van der Waals surface area contributed by atoms with E-state index in [9.17, 15) is 9.59 Å². The molecule has 0 radical (unpaired) electrons. The molecule has 1 fully saturated rings. The van der Waals surface area contributed by atoms with Crippen LogP contribution in [-0.4, -0.2) is 42.5 Å². The lowest BCUT2D eigenvalue weighted by molar-refractivity contribution is -0.141. The zero-order valence-corrected chi connectivity index (χ0v) is 9.78. The number of amides is 2. The fraction of sp³-hybridized carbons (Fsp3) is 0.818. The lowest BCUT2D eigenvalue weighted by Crippen LogP contribution is -2.45. The zero-order chi connectivity index (χ0) is 12.0. The first-order chi connectivity index (χ1) is 7.65. The first-order valence-electron chi connectivity index (χ1n) is 5.80. The molecule has 5 heteroatoms. The summed E-state index contributed by atoms with van der Waals surface area (Å²) in [6.07, 6.45) is 4.15. The molecule has 0 aromatic rings. The molecule has 5 nitrogen and oxygen atoms in total. The molecule has 92 valence electrons. The number of rotatable bonds is 6. The average Bonchev–Trinajstić information content (AvgIpc) is 2.75. The first-order valence-corrected chi connectivity index (χ1v) is 5.80. The Hall–Kier alpha value is -1.10. The highest BCUT2D eigenvalue weighted by Gasteiger charge is 2.27. The van der Waals surface area contributed by atoms with Crippen molar-refractivity contribution >= 4 is 11.8 Å². The maximum absolute atomic E-state index is 11.8.